The van der Waals surface area contributed by atoms with E-state index in [1.165, 1.54) is 4.90 Å². The first-order valence-corrected chi connectivity index (χ1v) is 8.93. The number of nitrogens with one attached hydrogen (secondary N) is 1. The van der Waals surface area contributed by atoms with Gasteiger partial charge in [0.2, 0.25) is 0 Å². The van der Waals surface area contributed by atoms with E-state index in [-0.39, 0.29) is 6.61 Å². The highest BCUT2D eigenvalue weighted by atomic mass is 32.3. The lowest BCUT2D eigenvalue weighted by Crippen LogP contribution is -2.11. The molecule has 2 aromatic carbocycles. The molecule has 0 atom stereocenters. The first-order chi connectivity index (χ1) is 9.12. The molecule has 0 aliphatic heterocycles. The monoisotopic (exact) mass is 275 g/mol. The first-order valence-electron chi connectivity index (χ1n) is 6.31. The van der Waals surface area contributed by atoms with Crippen LogP contribution >= 0.6 is 10.0 Å². The zero-order valence-electron chi connectivity index (χ0n) is 11.5. The van der Waals surface area contributed by atoms with Crippen LogP contribution in [0.2, 0.25) is 0 Å². The van der Waals surface area contributed by atoms with Crippen LogP contribution in [0.4, 0.5) is 5.69 Å². The standard InChI is InChI=1S/C16H21NOS/c1-19(2,16-9-4-3-5-10-16)13-17-15-8-6-7-14(11-15)12-18/h3-11,17-18H,12-13H2,1-2H3. The van der Waals surface area contributed by atoms with Gasteiger partial charge in [0, 0.05) is 11.6 Å². The van der Waals surface area contributed by atoms with Crippen LogP contribution in [-0.2, 0) is 6.61 Å². The van der Waals surface area contributed by atoms with E-state index in [1.807, 2.05) is 24.3 Å². The maximum absolute atomic E-state index is 9.15. The quantitative estimate of drug-likeness (QED) is 0.872. The highest BCUT2D eigenvalue weighted by Crippen LogP contribution is 2.48. The number of aliphatic hydroxyl groups excluding tert-OH is 1. The molecule has 0 radical (unpaired) electrons. The van der Waals surface area contributed by atoms with Crippen molar-refractivity contribution in [1.29, 1.82) is 0 Å². The maximum Gasteiger partial charge on any atom is 0.0682 e. The van der Waals surface area contributed by atoms with Crippen LogP contribution < -0.4 is 5.32 Å². The Morgan fingerprint density at radius 1 is 1.00 bits per heavy atom. The van der Waals surface area contributed by atoms with E-state index < -0.39 is 10.0 Å². The average molecular weight is 275 g/mol. The van der Waals surface area contributed by atoms with Crippen molar-refractivity contribution in [3.63, 3.8) is 0 Å². The van der Waals surface area contributed by atoms with E-state index >= 15 is 0 Å². The summed E-state index contributed by atoms with van der Waals surface area (Å²) in [7, 11) is -0.852. The zero-order valence-corrected chi connectivity index (χ0v) is 12.3. The molecule has 0 fully saturated rings. The van der Waals surface area contributed by atoms with Crippen molar-refractivity contribution >= 4 is 15.7 Å². The minimum atomic E-state index is -0.852. The smallest absolute Gasteiger partial charge is 0.0682 e. The van der Waals surface area contributed by atoms with E-state index in [0.717, 1.165) is 17.1 Å². The van der Waals surface area contributed by atoms with Crippen molar-refractivity contribution < 1.29 is 5.11 Å². The first kappa shape index (κ1) is 14.0. The second-order valence-electron chi connectivity index (χ2n) is 5.03. The lowest BCUT2D eigenvalue weighted by Gasteiger charge is -2.32. The van der Waals surface area contributed by atoms with Gasteiger partial charge in [0.05, 0.1) is 6.61 Å². The Balaban J connectivity index is 2.05. The topological polar surface area (TPSA) is 32.3 Å². The number of rotatable bonds is 5. The number of hydrogen-bond donors (Lipinski definition) is 2. The van der Waals surface area contributed by atoms with Gasteiger partial charge < -0.3 is 10.4 Å². The molecule has 0 aliphatic carbocycles. The molecule has 0 saturated carbocycles. The third kappa shape index (κ3) is 3.75. The summed E-state index contributed by atoms with van der Waals surface area (Å²) in [6, 6.07) is 18.6. The SMILES string of the molecule is CS(C)(CNc1cccc(CO)c1)c1ccccc1. The fourth-order valence-electron chi connectivity index (χ4n) is 1.92. The third-order valence-corrected chi connectivity index (χ3v) is 5.54. The Morgan fingerprint density at radius 2 is 1.74 bits per heavy atom. The van der Waals surface area contributed by atoms with Gasteiger partial charge in [0.1, 0.15) is 0 Å². The van der Waals surface area contributed by atoms with Crippen molar-refractivity contribution in [2.24, 2.45) is 0 Å². The summed E-state index contributed by atoms with van der Waals surface area (Å²) >= 11 is 0. The zero-order chi connectivity index (χ0) is 13.7. The molecule has 2 aromatic rings. The molecular formula is C16H21NOS. The fourth-order valence-corrected chi connectivity index (χ4v) is 3.50. The molecule has 0 saturated heterocycles. The van der Waals surface area contributed by atoms with E-state index in [2.05, 4.69) is 48.2 Å². The van der Waals surface area contributed by atoms with Crippen LogP contribution in [0.3, 0.4) is 0 Å². The molecule has 0 aliphatic rings. The normalized spacial score (nSPS) is 12.2. The Morgan fingerprint density at radius 3 is 2.42 bits per heavy atom. The van der Waals surface area contributed by atoms with Gasteiger partial charge in [-0.3, -0.25) is 0 Å². The molecule has 0 amide bonds. The predicted octanol–water partition coefficient (Wildman–Crippen LogP) is 3.67. The largest absolute Gasteiger partial charge is 0.392 e. The lowest BCUT2D eigenvalue weighted by atomic mass is 10.2. The summed E-state index contributed by atoms with van der Waals surface area (Å²) in [6.45, 7) is 0.0878. The highest BCUT2D eigenvalue weighted by molar-refractivity contribution is 8.32. The predicted molar refractivity (Wildman–Crippen MR) is 85.0 cm³/mol. The van der Waals surface area contributed by atoms with Gasteiger partial charge in [0.25, 0.3) is 0 Å². The number of hydrogen-bond acceptors (Lipinski definition) is 2. The van der Waals surface area contributed by atoms with Gasteiger partial charge in [-0.1, -0.05) is 42.5 Å². The Kier molecular flexibility index (Phi) is 4.51. The van der Waals surface area contributed by atoms with Crippen LogP contribution in [0.5, 0.6) is 0 Å². The molecule has 0 bridgehead atoms. The second kappa shape index (κ2) is 6.13. The summed E-state index contributed by atoms with van der Waals surface area (Å²) in [6.07, 6.45) is 4.62. The van der Waals surface area contributed by atoms with Crippen LogP contribution in [0.25, 0.3) is 0 Å². The van der Waals surface area contributed by atoms with Gasteiger partial charge in [-0.2, -0.15) is 0 Å². The van der Waals surface area contributed by atoms with E-state index in [4.69, 9.17) is 5.11 Å². The van der Waals surface area contributed by atoms with Gasteiger partial charge in [0.15, 0.2) is 0 Å². The highest BCUT2D eigenvalue weighted by Gasteiger charge is 2.13. The Bertz CT molecular complexity index is 525. The van der Waals surface area contributed by atoms with Crippen LogP contribution in [0, 0.1) is 0 Å². The number of benzene rings is 2. The summed E-state index contributed by atoms with van der Waals surface area (Å²) in [5.74, 6) is 0.936. The molecule has 0 unspecified atom stereocenters. The van der Waals surface area contributed by atoms with E-state index in [0.29, 0.717) is 0 Å². The van der Waals surface area contributed by atoms with Gasteiger partial charge in [-0.15, -0.1) is 0 Å². The number of aliphatic hydroxyl groups is 1. The number of anilines is 1. The van der Waals surface area contributed by atoms with Gasteiger partial charge in [-0.25, -0.2) is 10.0 Å². The Hall–Kier alpha value is -1.45. The minimum absolute atomic E-state index is 0.0878. The van der Waals surface area contributed by atoms with Gasteiger partial charge in [-0.05, 0) is 35.1 Å². The fraction of sp³-hybridized carbons (Fsp3) is 0.250. The van der Waals surface area contributed by atoms with Crippen LogP contribution in [0.1, 0.15) is 5.56 Å². The van der Waals surface area contributed by atoms with Gasteiger partial charge >= 0.3 is 0 Å². The molecule has 3 heteroatoms. The molecule has 2 rings (SSSR count). The van der Waals surface area contributed by atoms with E-state index in [9.17, 15) is 0 Å². The summed E-state index contributed by atoms with van der Waals surface area (Å²) in [5, 5.41) is 12.6. The minimum Gasteiger partial charge on any atom is -0.392 e. The molecule has 102 valence electrons. The molecular weight excluding hydrogens is 254 g/mol. The van der Waals surface area contributed by atoms with Crippen LogP contribution in [0.15, 0.2) is 59.5 Å². The van der Waals surface area contributed by atoms with Crippen LogP contribution in [-0.4, -0.2) is 23.5 Å². The van der Waals surface area contributed by atoms with Crippen molar-refractivity contribution in [1.82, 2.24) is 0 Å². The Labute approximate surface area is 116 Å². The van der Waals surface area contributed by atoms with Crippen molar-refractivity contribution in [2.75, 3.05) is 23.7 Å². The van der Waals surface area contributed by atoms with E-state index in [1.54, 1.807) is 0 Å². The summed E-state index contributed by atoms with van der Waals surface area (Å²) in [5.41, 5.74) is 2.01. The summed E-state index contributed by atoms with van der Waals surface area (Å²) in [4.78, 5) is 1.40. The molecule has 19 heavy (non-hydrogen) atoms. The molecule has 0 aromatic heterocycles. The average Bonchev–Trinajstić information content (AvgIpc) is 2.46. The molecule has 0 heterocycles. The maximum atomic E-state index is 9.15. The van der Waals surface area contributed by atoms with Crippen molar-refractivity contribution in [3.8, 4) is 0 Å². The summed E-state index contributed by atoms with van der Waals surface area (Å²) < 4.78 is 0. The molecule has 2 N–H and O–H groups in total. The molecule has 0 spiro atoms. The lowest BCUT2D eigenvalue weighted by molar-refractivity contribution is 0.282. The van der Waals surface area contributed by atoms with Crippen molar-refractivity contribution in [3.05, 3.63) is 60.2 Å². The van der Waals surface area contributed by atoms with Crippen molar-refractivity contribution in [2.45, 2.75) is 11.5 Å². The second-order valence-corrected chi connectivity index (χ2v) is 8.87. The molecule has 2 nitrogen and oxygen atoms in total. The third-order valence-electron chi connectivity index (χ3n) is 3.13.